The average Bonchev–Trinajstić information content (AvgIpc) is 2.81. The summed E-state index contributed by atoms with van der Waals surface area (Å²) in [7, 11) is 0. The van der Waals surface area contributed by atoms with Crippen LogP contribution in [0.4, 0.5) is 0 Å². The number of furan rings is 1. The van der Waals surface area contributed by atoms with Crippen LogP contribution in [0.1, 0.15) is 38.0 Å². The Kier molecular flexibility index (Phi) is 3.80. The van der Waals surface area contributed by atoms with E-state index in [2.05, 4.69) is 17.6 Å². The number of hydrogen-bond donors (Lipinski definition) is 2. The van der Waals surface area contributed by atoms with Gasteiger partial charge in [-0.1, -0.05) is 6.42 Å². The average molecular weight is 208 g/mol. The van der Waals surface area contributed by atoms with Crippen LogP contribution >= 0.6 is 0 Å². The second-order valence-electron chi connectivity index (χ2n) is 4.29. The number of nitrogens with one attached hydrogen (secondary N) is 2. The van der Waals surface area contributed by atoms with Crippen molar-refractivity contribution in [2.24, 2.45) is 0 Å². The first kappa shape index (κ1) is 10.7. The summed E-state index contributed by atoms with van der Waals surface area (Å²) >= 11 is 0. The van der Waals surface area contributed by atoms with E-state index in [1.165, 1.54) is 25.8 Å². The van der Waals surface area contributed by atoms with Crippen LogP contribution in [0.5, 0.6) is 0 Å². The molecular formula is C12H20N2O. The molecule has 1 aliphatic heterocycles. The van der Waals surface area contributed by atoms with Crippen LogP contribution in [-0.4, -0.2) is 19.1 Å². The zero-order chi connectivity index (χ0) is 10.5. The monoisotopic (exact) mass is 208 g/mol. The second-order valence-corrected chi connectivity index (χ2v) is 4.29. The number of piperidine rings is 1. The highest BCUT2D eigenvalue weighted by molar-refractivity contribution is 5.03. The lowest BCUT2D eigenvalue weighted by molar-refractivity contribution is 0.355. The molecule has 3 heteroatoms. The molecule has 0 spiro atoms. The van der Waals surface area contributed by atoms with Gasteiger partial charge >= 0.3 is 0 Å². The van der Waals surface area contributed by atoms with Crippen LogP contribution < -0.4 is 10.6 Å². The Labute approximate surface area is 91.2 Å². The summed E-state index contributed by atoms with van der Waals surface area (Å²) in [6, 6.07) is 4.90. The van der Waals surface area contributed by atoms with Gasteiger partial charge in [0, 0.05) is 12.6 Å². The van der Waals surface area contributed by atoms with Gasteiger partial charge in [0.2, 0.25) is 0 Å². The van der Waals surface area contributed by atoms with Crippen LogP contribution in [0.2, 0.25) is 0 Å². The Morgan fingerprint density at radius 2 is 2.53 bits per heavy atom. The molecule has 0 aromatic carbocycles. The first-order valence-corrected chi connectivity index (χ1v) is 5.86. The Hall–Kier alpha value is -0.800. The largest absolute Gasteiger partial charge is 0.468 e. The van der Waals surface area contributed by atoms with Crippen molar-refractivity contribution < 1.29 is 4.42 Å². The van der Waals surface area contributed by atoms with Gasteiger partial charge < -0.3 is 15.1 Å². The molecule has 84 valence electrons. The summed E-state index contributed by atoms with van der Waals surface area (Å²) in [5, 5.41) is 7.03. The quantitative estimate of drug-likeness (QED) is 0.795. The standard InChI is InChI=1S/C12H20N2O/c1-10(12-6-4-8-15-12)14-9-11-5-2-3-7-13-11/h4,6,8,10-11,13-14H,2-3,5,7,9H2,1H3/t10-,11?/m0/s1. The third-order valence-electron chi connectivity index (χ3n) is 3.05. The third-order valence-corrected chi connectivity index (χ3v) is 3.05. The van der Waals surface area contributed by atoms with Crippen molar-refractivity contribution >= 4 is 0 Å². The van der Waals surface area contributed by atoms with E-state index in [1.807, 2.05) is 12.1 Å². The molecule has 0 amide bonds. The van der Waals surface area contributed by atoms with E-state index in [0.717, 1.165) is 12.3 Å². The van der Waals surface area contributed by atoms with Crippen molar-refractivity contribution in [3.05, 3.63) is 24.2 Å². The van der Waals surface area contributed by atoms with Gasteiger partial charge in [-0.3, -0.25) is 0 Å². The molecule has 15 heavy (non-hydrogen) atoms. The topological polar surface area (TPSA) is 37.2 Å². The first-order valence-electron chi connectivity index (χ1n) is 5.86. The van der Waals surface area contributed by atoms with Crippen molar-refractivity contribution in [3.63, 3.8) is 0 Å². The summed E-state index contributed by atoms with van der Waals surface area (Å²) in [6.45, 7) is 4.34. The van der Waals surface area contributed by atoms with Crippen molar-refractivity contribution in [1.82, 2.24) is 10.6 Å². The van der Waals surface area contributed by atoms with Crippen molar-refractivity contribution in [2.45, 2.75) is 38.3 Å². The lowest BCUT2D eigenvalue weighted by Crippen LogP contribution is -2.42. The maximum absolute atomic E-state index is 5.35. The van der Waals surface area contributed by atoms with E-state index in [9.17, 15) is 0 Å². The van der Waals surface area contributed by atoms with Gasteiger partial charge in [-0.15, -0.1) is 0 Å². The molecule has 1 saturated heterocycles. The van der Waals surface area contributed by atoms with Gasteiger partial charge in [-0.05, 0) is 38.4 Å². The zero-order valence-electron chi connectivity index (χ0n) is 9.33. The minimum atomic E-state index is 0.309. The molecule has 2 N–H and O–H groups in total. The second kappa shape index (κ2) is 5.33. The van der Waals surface area contributed by atoms with Crippen molar-refractivity contribution in [1.29, 1.82) is 0 Å². The predicted molar refractivity (Wildman–Crippen MR) is 60.8 cm³/mol. The minimum absolute atomic E-state index is 0.309. The lowest BCUT2D eigenvalue weighted by Gasteiger charge is -2.25. The van der Waals surface area contributed by atoms with Crippen LogP contribution in [0.15, 0.2) is 22.8 Å². The fraction of sp³-hybridized carbons (Fsp3) is 0.667. The fourth-order valence-electron chi connectivity index (χ4n) is 2.06. The highest BCUT2D eigenvalue weighted by Gasteiger charge is 2.14. The minimum Gasteiger partial charge on any atom is -0.468 e. The normalized spacial score (nSPS) is 23.9. The zero-order valence-corrected chi connectivity index (χ0v) is 9.33. The Balaban J connectivity index is 1.73. The van der Waals surface area contributed by atoms with Crippen LogP contribution in [0.3, 0.4) is 0 Å². The SMILES string of the molecule is C[C@H](NCC1CCCCN1)c1ccco1. The van der Waals surface area contributed by atoms with Crippen molar-refractivity contribution in [2.75, 3.05) is 13.1 Å². The molecule has 0 saturated carbocycles. The van der Waals surface area contributed by atoms with Crippen LogP contribution in [0, 0.1) is 0 Å². The maximum atomic E-state index is 5.35. The van der Waals surface area contributed by atoms with Gasteiger partial charge in [-0.2, -0.15) is 0 Å². The molecule has 1 aromatic rings. The molecule has 1 aliphatic rings. The number of rotatable bonds is 4. The Morgan fingerprint density at radius 3 is 3.20 bits per heavy atom. The molecule has 0 bridgehead atoms. The van der Waals surface area contributed by atoms with Gasteiger partial charge in [0.25, 0.3) is 0 Å². The highest BCUT2D eigenvalue weighted by atomic mass is 16.3. The van der Waals surface area contributed by atoms with Gasteiger partial charge in [-0.25, -0.2) is 0 Å². The van der Waals surface area contributed by atoms with Gasteiger partial charge in [0.05, 0.1) is 12.3 Å². The van der Waals surface area contributed by atoms with Crippen LogP contribution in [-0.2, 0) is 0 Å². The van der Waals surface area contributed by atoms with Gasteiger partial charge in [0.15, 0.2) is 0 Å². The molecule has 0 aliphatic carbocycles. The Morgan fingerprint density at radius 1 is 1.60 bits per heavy atom. The summed E-state index contributed by atoms with van der Waals surface area (Å²) in [4.78, 5) is 0. The molecule has 2 atom stereocenters. The smallest absolute Gasteiger partial charge is 0.120 e. The molecule has 0 radical (unpaired) electrons. The molecule has 2 rings (SSSR count). The van der Waals surface area contributed by atoms with Crippen molar-refractivity contribution in [3.8, 4) is 0 Å². The first-order chi connectivity index (χ1) is 7.36. The van der Waals surface area contributed by atoms with E-state index in [0.29, 0.717) is 12.1 Å². The summed E-state index contributed by atoms with van der Waals surface area (Å²) in [6.07, 6.45) is 5.70. The van der Waals surface area contributed by atoms with E-state index in [-0.39, 0.29) is 0 Å². The summed E-state index contributed by atoms with van der Waals surface area (Å²) < 4.78 is 5.35. The van der Waals surface area contributed by atoms with Gasteiger partial charge in [0.1, 0.15) is 5.76 Å². The van der Waals surface area contributed by atoms with E-state index in [1.54, 1.807) is 6.26 Å². The van der Waals surface area contributed by atoms with E-state index in [4.69, 9.17) is 4.42 Å². The molecular weight excluding hydrogens is 188 g/mol. The molecule has 1 aromatic heterocycles. The molecule has 1 unspecified atom stereocenters. The molecule has 2 heterocycles. The number of hydrogen-bond acceptors (Lipinski definition) is 3. The highest BCUT2D eigenvalue weighted by Crippen LogP contribution is 2.13. The predicted octanol–water partition coefficient (Wildman–Crippen LogP) is 2.07. The Bertz CT molecular complexity index is 265. The lowest BCUT2D eigenvalue weighted by atomic mass is 10.0. The fourth-order valence-corrected chi connectivity index (χ4v) is 2.06. The maximum Gasteiger partial charge on any atom is 0.120 e. The van der Waals surface area contributed by atoms with E-state index < -0.39 is 0 Å². The summed E-state index contributed by atoms with van der Waals surface area (Å²) in [5.41, 5.74) is 0. The van der Waals surface area contributed by atoms with E-state index >= 15 is 0 Å². The molecule has 1 fully saturated rings. The summed E-state index contributed by atoms with van der Waals surface area (Å²) in [5.74, 6) is 1.02. The third kappa shape index (κ3) is 3.08. The molecule has 3 nitrogen and oxygen atoms in total. The van der Waals surface area contributed by atoms with Crippen LogP contribution in [0.25, 0.3) is 0 Å².